The molecule has 9 heteroatoms. The maximum absolute atomic E-state index is 13.2. The van der Waals surface area contributed by atoms with Gasteiger partial charge >= 0.3 is 0 Å². The van der Waals surface area contributed by atoms with Gasteiger partial charge in [0, 0.05) is 25.0 Å². The molecule has 0 radical (unpaired) electrons. The largest absolute Gasteiger partial charge is 0.378 e. The van der Waals surface area contributed by atoms with Crippen LogP contribution in [0.2, 0.25) is 0 Å². The van der Waals surface area contributed by atoms with Crippen molar-refractivity contribution in [3.63, 3.8) is 0 Å². The van der Waals surface area contributed by atoms with Crippen LogP contribution in [0.1, 0.15) is 29.8 Å². The summed E-state index contributed by atoms with van der Waals surface area (Å²) in [4.78, 5) is 36.2. The van der Waals surface area contributed by atoms with Gasteiger partial charge in [0.25, 0.3) is 5.91 Å². The quantitative estimate of drug-likeness (QED) is 0.547. The summed E-state index contributed by atoms with van der Waals surface area (Å²) in [7, 11) is 0. The van der Waals surface area contributed by atoms with Crippen molar-refractivity contribution >= 4 is 40.4 Å². The molecule has 2 aliphatic heterocycles. The molecule has 9 nitrogen and oxygen atoms in total. The zero-order valence-electron chi connectivity index (χ0n) is 19.1. The van der Waals surface area contributed by atoms with Gasteiger partial charge < -0.3 is 25.6 Å². The predicted octanol–water partition coefficient (Wildman–Crippen LogP) is 3.67. The van der Waals surface area contributed by atoms with Gasteiger partial charge in [-0.2, -0.15) is 0 Å². The molecule has 2 aromatic carbocycles. The summed E-state index contributed by atoms with van der Waals surface area (Å²) in [6, 6.07) is 12.9. The molecule has 2 aliphatic rings. The first kappa shape index (κ1) is 21.8. The number of aromatic nitrogens is 2. The highest BCUT2D eigenvalue weighted by atomic mass is 16.5. The molecule has 0 spiro atoms. The van der Waals surface area contributed by atoms with E-state index in [1.165, 1.54) is 6.33 Å². The first-order chi connectivity index (χ1) is 16.4. The normalized spacial score (nSPS) is 15.4. The molecule has 0 bridgehead atoms. The van der Waals surface area contributed by atoms with E-state index in [1.54, 1.807) is 18.3 Å². The average molecular weight is 459 g/mol. The second kappa shape index (κ2) is 8.75. The van der Waals surface area contributed by atoms with Crippen LogP contribution in [-0.4, -0.2) is 53.0 Å². The summed E-state index contributed by atoms with van der Waals surface area (Å²) in [5.41, 5.74) is 3.46. The Morgan fingerprint density at radius 2 is 1.85 bits per heavy atom. The van der Waals surface area contributed by atoms with Gasteiger partial charge in [-0.1, -0.05) is 6.07 Å². The lowest BCUT2D eigenvalue weighted by atomic mass is 9.82. The molecule has 0 unspecified atom stereocenters. The Morgan fingerprint density at radius 1 is 1.03 bits per heavy atom. The maximum atomic E-state index is 13.2. The first-order valence-electron chi connectivity index (χ1n) is 11.2. The third-order valence-electron chi connectivity index (χ3n) is 6.21. The zero-order chi connectivity index (χ0) is 23.7. The summed E-state index contributed by atoms with van der Waals surface area (Å²) >= 11 is 0. The fraction of sp³-hybridized carbons (Fsp3) is 0.280. The fourth-order valence-corrected chi connectivity index (χ4v) is 4.20. The molecule has 0 saturated carbocycles. The molecule has 3 N–H and O–H groups in total. The topological polar surface area (TPSA) is 108 Å². The van der Waals surface area contributed by atoms with Gasteiger partial charge in [0.2, 0.25) is 5.91 Å². The summed E-state index contributed by atoms with van der Waals surface area (Å²) < 4.78 is 5.38. The van der Waals surface area contributed by atoms with E-state index in [0.717, 1.165) is 16.9 Å². The molecule has 3 aromatic rings. The monoisotopic (exact) mass is 458 g/mol. The lowest BCUT2D eigenvalue weighted by Gasteiger charge is -2.34. The van der Waals surface area contributed by atoms with Crippen LogP contribution in [-0.2, 0) is 14.9 Å². The van der Waals surface area contributed by atoms with Gasteiger partial charge in [-0.05, 0) is 55.8 Å². The number of carbonyl (C=O) groups is 2. The lowest BCUT2D eigenvalue weighted by Crippen LogP contribution is -2.48. The third kappa shape index (κ3) is 4.17. The van der Waals surface area contributed by atoms with Crippen LogP contribution in [0.4, 0.5) is 28.6 Å². The number of carbonyl (C=O) groups excluding carboxylic acids is 2. The number of hydrogen-bond acceptors (Lipinski definition) is 7. The molecule has 34 heavy (non-hydrogen) atoms. The summed E-state index contributed by atoms with van der Waals surface area (Å²) in [5.74, 6) is 0.488. The van der Waals surface area contributed by atoms with Crippen molar-refractivity contribution in [2.24, 2.45) is 0 Å². The number of anilines is 5. The highest BCUT2D eigenvalue weighted by molar-refractivity contribution is 6.12. The minimum Gasteiger partial charge on any atom is -0.378 e. The molecular weight excluding hydrogens is 432 g/mol. The molecule has 1 fully saturated rings. The van der Waals surface area contributed by atoms with Crippen LogP contribution in [0.5, 0.6) is 0 Å². The van der Waals surface area contributed by atoms with Gasteiger partial charge in [-0.15, -0.1) is 0 Å². The number of amides is 2. The van der Waals surface area contributed by atoms with E-state index in [1.807, 2.05) is 49.1 Å². The molecule has 1 aromatic heterocycles. The number of nitrogens with zero attached hydrogens (tertiary/aromatic N) is 3. The van der Waals surface area contributed by atoms with E-state index < -0.39 is 5.41 Å². The van der Waals surface area contributed by atoms with Crippen molar-refractivity contribution in [1.29, 1.82) is 0 Å². The minimum absolute atomic E-state index is 0.0485. The SMILES string of the molecule is CC(C)(C(=O)N1CCOCC1)c1ccc2c(c1)NC(=O)c1ccc(Nc3ccncn3)cc1N2. The number of fused-ring (bicyclic) bond motifs is 2. The van der Waals surface area contributed by atoms with E-state index in [0.29, 0.717) is 49.1 Å². The minimum atomic E-state index is -0.745. The Balaban J connectivity index is 1.42. The van der Waals surface area contributed by atoms with Gasteiger partial charge in [0.15, 0.2) is 0 Å². The van der Waals surface area contributed by atoms with Crippen LogP contribution in [0, 0.1) is 0 Å². The Hall–Kier alpha value is -3.98. The number of rotatable bonds is 4. The third-order valence-corrected chi connectivity index (χ3v) is 6.21. The van der Waals surface area contributed by atoms with Crippen LogP contribution < -0.4 is 16.0 Å². The number of ether oxygens (including phenoxy) is 1. The van der Waals surface area contributed by atoms with Crippen molar-refractivity contribution in [3.8, 4) is 0 Å². The van der Waals surface area contributed by atoms with E-state index >= 15 is 0 Å². The first-order valence-corrected chi connectivity index (χ1v) is 11.2. The summed E-state index contributed by atoms with van der Waals surface area (Å²) in [5, 5.41) is 9.57. The Bertz CT molecular complexity index is 1240. The molecule has 174 valence electrons. The number of benzene rings is 2. The van der Waals surface area contributed by atoms with Crippen LogP contribution in [0.25, 0.3) is 0 Å². The fourth-order valence-electron chi connectivity index (χ4n) is 4.20. The number of morpholine rings is 1. The van der Waals surface area contributed by atoms with E-state index in [4.69, 9.17) is 4.74 Å². The highest BCUT2D eigenvalue weighted by Crippen LogP contribution is 2.37. The zero-order valence-corrected chi connectivity index (χ0v) is 19.1. The molecule has 0 aliphatic carbocycles. The van der Waals surface area contributed by atoms with E-state index in [9.17, 15) is 9.59 Å². The summed E-state index contributed by atoms with van der Waals surface area (Å²) in [6.45, 7) is 6.12. The molecule has 1 saturated heterocycles. The average Bonchev–Trinajstić information content (AvgIpc) is 2.99. The van der Waals surface area contributed by atoms with Gasteiger partial charge in [0.1, 0.15) is 12.1 Å². The standard InChI is InChI=1S/C25H26N6O3/c1-25(2,24(33)31-9-11-34-12-10-31)16-3-6-19-21(13-16)30-23(32)18-5-4-17(14-20(18)29-19)28-22-7-8-26-15-27-22/h3-8,13-15,29H,9-12H2,1-2H3,(H,30,32)(H,26,27,28). The van der Waals surface area contributed by atoms with Gasteiger partial charge in [-0.25, -0.2) is 9.97 Å². The Labute approximate surface area is 197 Å². The van der Waals surface area contributed by atoms with Crippen molar-refractivity contribution in [2.75, 3.05) is 42.3 Å². The van der Waals surface area contributed by atoms with E-state index in [2.05, 4.69) is 25.9 Å². The predicted molar refractivity (Wildman–Crippen MR) is 130 cm³/mol. The lowest BCUT2D eigenvalue weighted by molar-refractivity contribution is -0.140. The molecule has 0 atom stereocenters. The maximum Gasteiger partial charge on any atom is 0.257 e. The van der Waals surface area contributed by atoms with Crippen LogP contribution >= 0.6 is 0 Å². The second-order valence-electron chi connectivity index (χ2n) is 8.85. The smallest absolute Gasteiger partial charge is 0.257 e. The highest BCUT2D eigenvalue weighted by Gasteiger charge is 2.35. The molecular formula is C25H26N6O3. The van der Waals surface area contributed by atoms with Crippen molar-refractivity contribution in [1.82, 2.24) is 14.9 Å². The molecule has 2 amide bonds. The van der Waals surface area contributed by atoms with Gasteiger partial charge in [0.05, 0.1) is 41.3 Å². The second-order valence-corrected chi connectivity index (χ2v) is 8.85. The number of nitrogens with one attached hydrogen (secondary N) is 3. The van der Waals surface area contributed by atoms with Gasteiger partial charge in [-0.3, -0.25) is 9.59 Å². The molecule has 3 heterocycles. The van der Waals surface area contributed by atoms with Crippen molar-refractivity contribution < 1.29 is 14.3 Å². The van der Waals surface area contributed by atoms with Crippen LogP contribution in [0.3, 0.4) is 0 Å². The van der Waals surface area contributed by atoms with Crippen molar-refractivity contribution in [3.05, 3.63) is 66.1 Å². The summed E-state index contributed by atoms with van der Waals surface area (Å²) in [6.07, 6.45) is 3.13. The van der Waals surface area contributed by atoms with Crippen LogP contribution in [0.15, 0.2) is 55.0 Å². The Kier molecular flexibility index (Phi) is 5.62. The molecule has 5 rings (SSSR count). The number of hydrogen-bond donors (Lipinski definition) is 3. The Morgan fingerprint density at radius 3 is 2.62 bits per heavy atom. The van der Waals surface area contributed by atoms with E-state index in [-0.39, 0.29) is 11.8 Å². The van der Waals surface area contributed by atoms with Crippen molar-refractivity contribution in [2.45, 2.75) is 19.3 Å².